The first-order valence-corrected chi connectivity index (χ1v) is 13.4. The van der Waals surface area contributed by atoms with Crippen molar-refractivity contribution in [3.63, 3.8) is 0 Å². The number of nitriles is 1. The summed E-state index contributed by atoms with van der Waals surface area (Å²) in [4.78, 5) is 18.4. The van der Waals surface area contributed by atoms with Gasteiger partial charge in [0.1, 0.15) is 18.2 Å². The van der Waals surface area contributed by atoms with Gasteiger partial charge in [-0.25, -0.2) is 4.98 Å². The highest BCUT2D eigenvalue weighted by molar-refractivity contribution is 9.10. The van der Waals surface area contributed by atoms with Crippen LogP contribution in [0.4, 0.5) is 0 Å². The van der Waals surface area contributed by atoms with Gasteiger partial charge in [0.2, 0.25) is 0 Å². The lowest BCUT2D eigenvalue weighted by Gasteiger charge is -2.22. The molecule has 0 radical (unpaired) electrons. The number of aromatic nitrogens is 2. The fourth-order valence-electron chi connectivity index (χ4n) is 4.73. The third-order valence-corrected chi connectivity index (χ3v) is 7.42. The van der Waals surface area contributed by atoms with Gasteiger partial charge in [-0.15, -0.1) is 0 Å². The second-order valence-electron chi connectivity index (χ2n) is 9.05. The van der Waals surface area contributed by atoms with E-state index in [9.17, 15) is 10.1 Å². The van der Waals surface area contributed by atoms with Crippen molar-refractivity contribution in [2.24, 2.45) is 5.10 Å². The average Bonchev–Trinajstić information content (AvgIpc) is 2.92. The molecule has 1 heterocycles. The summed E-state index contributed by atoms with van der Waals surface area (Å²) in [5.74, 6) is 1.38. The molecule has 37 heavy (non-hydrogen) atoms. The first-order valence-electron chi connectivity index (χ1n) is 12.2. The second-order valence-corrected chi connectivity index (χ2v) is 10.3. The van der Waals surface area contributed by atoms with Crippen molar-refractivity contribution >= 4 is 44.6 Å². The molecule has 1 aliphatic carbocycles. The lowest BCUT2D eigenvalue weighted by molar-refractivity contribution is 0.303. The van der Waals surface area contributed by atoms with Crippen LogP contribution in [0.5, 0.6) is 5.75 Å². The Bertz CT molecular complexity index is 1590. The van der Waals surface area contributed by atoms with Gasteiger partial charge in [0.05, 0.1) is 33.2 Å². The van der Waals surface area contributed by atoms with Crippen LogP contribution in [0.2, 0.25) is 5.02 Å². The number of rotatable bonds is 6. The predicted octanol–water partition coefficient (Wildman–Crippen LogP) is 7.19. The monoisotopic (exact) mass is 574 g/mol. The fourth-order valence-corrected chi connectivity index (χ4v) is 5.68. The molecule has 0 amide bonds. The Morgan fingerprint density at radius 3 is 2.70 bits per heavy atom. The molecule has 0 atom stereocenters. The molecular formula is C29H24BrClN4O2. The molecule has 0 bridgehead atoms. The number of fused-ring (bicyclic) bond motifs is 1. The Labute approximate surface area is 228 Å². The van der Waals surface area contributed by atoms with Crippen molar-refractivity contribution < 1.29 is 4.74 Å². The highest BCUT2D eigenvalue weighted by atomic mass is 79.9. The summed E-state index contributed by atoms with van der Waals surface area (Å²) in [7, 11) is 0. The summed E-state index contributed by atoms with van der Waals surface area (Å²) in [6.07, 6.45) is 6.97. The summed E-state index contributed by atoms with van der Waals surface area (Å²) < 4.78 is 8.21. The van der Waals surface area contributed by atoms with E-state index in [0.29, 0.717) is 43.1 Å². The Balaban J connectivity index is 1.56. The van der Waals surface area contributed by atoms with Crippen molar-refractivity contribution in [3.8, 4) is 11.8 Å². The van der Waals surface area contributed by atoms with Gasteiger partial charge in [0.15, 0.2) is 0 Å². The highest BCUT2D eigenvalue weighted by Gasteiger charge is 2.22. The van der Waals surface area contributed by atoms with Crippen LogP contribution in [0.15, 0.2) is 75.0 Å². The maximum absolute atomic E-state index is 13.5. The molecule has 0 unspecified atom stereocenters. The van der Waals surface area contributed by atoms with Crippen LogP contribution < -0.4 is 10.3 Å². The minimum Gasteiger partial charge on any atom is -0.487 e. The Morgan fingerprint density at radius 2 is 1.89 bits per heavy atom. The topological polar surface area (TPSA) is 80.3 Å². The Kier molecular flexibility index (Phi) is 7.68. The summed E-state index contributed by atoms with van der Waals surface area (Å²) in [5, 5.41) is 15.1. The van der Waals surface area contributed by atoms with E-state index in [-0.39, 0.29) is 18.1 Å². The van der Waals surface area contributed by atoms with Crippen LogP contribution in [0, 0.1) is 11.3 Å². The molecule has 186 valence electrons. The van der Waals surface area contributed by atoms with Crippen molar-refractivity contribution in [2.45, 2.75) is 44.6 Å². The predicted molar refractivity (Wildman–Crippen MR) is 149 cm³/mol. The van der Waals surface area contributed by atoms with Gasteiger partial charge >= 0.3 is 0 Å². The van der Waals surface area contributed by atoms with Crippen molar-refractivity contribution in [1.82, 2.24) is 9.66 Å². The summed E-state index contributed by atoms with van der Waals surface area (Å²) in [6, 6.07) is 20.3. The molecule has 8 heteroatoms. The number of nitrogens with zero attached hydrogens (tertiary/aromatic N) is 4. The molecule has 1 aliphatic rings. The van der Waals surface area contributed by atoms with Crippen LogP contribution in [-0.4, -0.2) is 15.9 Å². The van der Waals surface area contributed by atoms with Gasteiger partial charge in [0, 0.05) is 22.1 Å². The van der Waals surface area contributed by atoms with Gasteiger partial charge in [-0.1, -0.05) is 61.2 Å². The standard InChI is InChI=1S/C29H24BrClN4O2/c30-25-15-23(31)14-22(27(25)37-18-21-11-5-4-10-20(21)16-32)17-33-35-28(19-8-2-1-3-9-19)34-26-13-7-6-12-24(26)29(35)36/h4-7,10-15,17,19H,1-3,8-9,18H2. The van der Waals surface area contributed by atoms with E-state index in [0.717, 1.165) is 31.2 Å². The van der Waals surface area contributed by atoms with E-state index >= 15 is 0 Å². The molecule has 4 aromatic rings. The molecule has 5 rings (SSSR count). The first-order chi connectivity index (χ1) is 18.0. The van der Waals surface area contributed by atoms with Crippen LogP contribution in [0.3, 0.4) is 0 Å². The third-order valence-electron chi connectivity index (χ3n) is 6.61. The van der Waals surface area contributed by atoms with Gasteiger partial charge in [-0.05, 0) is 59.1 Å². The van der Waals surface area contributed by atoms with E-state index in [4.69, 9.17) is 21.3 Å². The molecule has 1 saturated carbocycles. The summed E-state index contributed by atoms with van der Waals surface area (Å²) in [5.41, 5.74) is 2.40. The molecule has 0 spiro atoms. The Hall–Kier alpha value is -3.47. The molecule has 1 fully saturated rings. The van der Waals surface area contributed by atoms with Gasteiger partial charge < -0.3 is 4.74 Å². The van der Waals surface area contributed by atoms with E-state index in [1.807, 2.05) is 36.4 Å². The van der Waals surface area contributed by atoms with Crippen molar-refractivity contribution in [1.29, 1.82) is 5.26 Å². The highest BCUT2D eigenvalue weighted by Crippen LogP contribution is 2.34. The quantitative estimate of drug-likeness (QED) is 0.228. The fraction of sp³-hybridized carbons (Fsp3) is 0.241. The number of halogens is 2. The molecule has 3 aromatic carbocycles. The number of hydrogen-bond donors (Lipinski definition) is 0. The molecule has 0 aliphatic heterocycles. The van der Waals surface area contributed by atoms with E-state index in [1.165, 1.54) is 11.1 Å². The van der Waals surface area contributed by atoms with Crippen LogP contribution in [0.25, 0.3) is 10.9 Å². The van der Waals surface area contributed by atoms with Gasteiger partial charge in [-0.3, -0.25) is 4.79 Å². The van der Waals surface area contributed by atoms with Crippen LogP contribution in [0.1, 0.15) is 60.5 Å². The zero-order chi connectivity index (χ0) is 25.8. The molecule has 1 aromatic heterocycles. The second kappa shape index (κ2) is 11.3. The molecule has 0 N–H and O–H groups in total. The first kappa shape index (κ1) is 25.2. The SMILES string of the molecule is N#Cc1ccccc1COc1c(Br)cc(Cl)cc1C=Nn1c(C2CCCCC2)nc2ccccc2c1=O. The maximum Gasteiger partial charge on any atom is 0.282 e. The van der Waals surface area contributed by atoms with Crippen molar-refractivity contribution in [2.75, 3.05) is 0 Å². The normalized spacial score (nSPS) is 14.2. The van der Waals surface area contributed by atoms with Crippen LogP contribution >= 0.6 is 27.5 Å². The smallest absolute Gasteiger partial charge is 0.282 e. The lowest BCUT2D eigenvalue weighted by atomic mass is 9.88. The van der Waals surface area contributed by atoms with Gasteiger partial charge in [-0.2, -0.15) is 15.0 Å². The number of ether oxygens (including phenoxy) is 1. The number of benzene rings is 3. The Morgan fingerprint density at radius 1 is 1.14 bits per heavy atom. The largest absolute Gasteiger partial charge is 0.487 e. The maximum atomic E-state index is 13.5. The third kappa shape index (κ3) is 5.46. The lowest BCUT2D eigenvalue weighted by Crippen LogP contribution is -2.25. The minimum absolute atomic E-state index is 0.174. The van der Waals surface area contributed by atoms with Gasteiger partial charge in [0.25, 0.3) is 5.56 Å². The zero-order valence-electron chi connectivity index (χ0n) is 20.0. The summed E-state index contributed by atoms with van der Waals surface area (Å²) in [6.45, 7) is 0.190. The number of para-hydroxylation sites is 1. The minimum atomic E-state index is -0.200. The number of hydrogen-bond acceptors (Lipinski definition) is 5. The average molecular weight is 576 g/mol. The molecule has 0 saturated heterocycles. The zero-order valence-corrected chi connectivity index (χ0v) is 22.4. The van der Waals surface area contributed by atoms with E-state index in [2.05, 4.69) is 27.1 Å². The van der Waals surface area contributed by atoms with E-state index < -0.39 is 0 Å². The summed E-state index contributed by atoms with van der Waals surface area (Å²) >= 11 is 9.90. The molecule has 6 nitrogen and oxygen atoms in total. The van der Waals surface area contributed by atoms with E-state index in [1.54, 1.807) is 30.5 Å². The van der Waals surface area contributed by atoms with Crippen molar-refractivity contribution in [3.05, 3.63) is 103 Å². The molecular weight excluding hydrogens is 552 g/mol. The van der Waals surface area contributed by atoms with Crippen LogP contribution in [-0.2, 0) is 6.61 Å².